The highest BCUT2D eigenvalue weighted by Crippen LogP contribution is 2.29. The first-order valence-corrected chi connectivity index (χ1v) is 5.81. The van der Waals surface area contributed by atoms with E-state index in [1.54, 1.807) is 0 Å². The summed E-state index contributed by atoms with van der Waals surface area (Å²) >= 11 is 0. The molecular formula is C13H11FN4O3. The van der Waals surface area contributed by atoms with E-state index in [0.29, 0.717) is 5.56 Å². The van der Waals surface area contributed by atoms with E-state index in [9.17, 15) is 14.5 Å². The Morgan fingerprint density at radius 2 is 2.19 bits per heavy atom. The lowest BCUT2D eigenvalue weighted by Crippen LogP contribution is -2.11. The second-order valence-corrected chi connectivity index (χ2v) is 4.22. The van der Waals surface area contributed by atoms with Gasteiger partial charge in [-0.25, -0.2) is 9.37 Å². The average Bonchev–Trinajstić information content (AvgIpc) is 2.42. The molecule has 21 heavy (non-hydrogen) atoms. The van der Waals surface area contributed by atoms with Crippen molar-refractivity contribution in [1.29, 1.82) is 5.41 Å². The quantitative estimate of drug-likeness (QED) is 0.388. The van der Waals surface area contributed by atoms with Crippen molar-refractivity contribution in [1.82, 2.24) is 4.98 Å². The maximum absolute atomic E-state index is 13.8. The Balaban J connectivity index is 2.36. The highest BCUT2D eigenvalue weighted by molar-refractivity contribution is 5.95. The summed E-state index contributed by atoms with van der Waals surface area (Å²) in [6.45, 7) is 1.48. The second kappa shape index (κ2) is 5.53. The average molecular weight is 290 g/mol. The highest BCUT2D eigenvalue weighted by atomic mass is 19.1. The van der Waals surface area contributed by atoms with Crippen LogP contribution >= 0.6 is 0 Å². The van der Waals surface area contributed by atoms with Gasteiger partial charge in [-0.2, -0.15) is 0 Å². The van der Waals surface area contributed by atoms with Crippen LogP contribution in [0.2, 0.25) is 0 Å². The Kier molecular flexibility index (Phi) is 3.79. The Labute approximate surface area is 118 Å². The van der Waals surface area contributed by atoms with Crippen molar-refractivity contribution in [2.24, 2.45) is 5.73 Å². The molecule has 1 aromatic heterocycles. The lowest BCUT2D eigenvalue weighted by molar-refractivity contribution is -0.385. The zero-order valence-electron chi connectivity index (χ0n) is 11.0. The normalized spacial score (nSPS) is 10.2. The minimum Gasteiger partial charge on any atom is -0.436 e. The van der Waals surface area contributed by atoms with Crippen molar-refractivity contribution in [3.05, 3.63) is 57.5 Å². The zero-order valence-corrected chi connectivity index (χ0v) is 11.0. The third-order valence-corrected chi connectivity index (χ3v) is 2.71. The maximum Gasteiger partial charge on any atom is 0.275 e. The smallest absolute Gasteiger partial charge is 0.275 e. The fourth-order valence-electron chi connectivity index (χ4n) is 1.66. The molecule has 0 fully saturated rings. The van der Waals surface area contributed by atoms with Crippen LogP contribution in [-0.2, 0) is 0 Å². The minimum absolute atomic E-state index is 0.0369. The number of aromatic nitrogens is 1. The topological polar surface area (TPSA) is 115 Å². The number of aryl methyl sites for hydroxylation is 1. The van der Waals surface area contributed by atoms with Crippen molar-refractivity contribution < 1.29 is 14.1 Å². The molecule has 3 N–H and O–H groups in total. The zero-order chi connectivity index (χ0) is 15.6. The summed E-state index contributed by atoms with van der Waals surface area (Å²) in [5.74, 6) is -1.20. The molecule has 8 heteroatoms. The number of amidine groups is 1. The summed E-state index contributed by atoms with van der Waals surface area (Å²) in [5, 5.41) is 18.0. The van der Waals surface area contributed by atoms with Gasteiger partial charge in [0, 0.05) is 23.4 Å². The lowest BCUT2D eigenvalue weighted by atomic mass is 10.2. The fraction of sp³-hybridized carbons (Fsp3) is 0.0769. The van der Waals surface area contributed by atoms with E-state index < -0.39 is 10.7 Å². The van der Waals surface area contributed by atoms with Crippen LogP contribution in [0.5, 0.6) is 11.6 Å². The van der Waals surface area contributed by atoms with Crippen molar-refractivity contribution >= 4 is 11.5 Å². The number of nitro benzene ring substituents is 1. The summed E-state index contributed by atoms with van der Waals surface area (Å²) in [7, 11) is 0. The number of halogens is 1. The number of nitrogen functional groups attached to an aromatic ring is 1. The molecule has 0 saturated heterocycles. The SMILES string of the molecule is Cc1cc(Oc2cc(C(=N)N)ccn2)c(F)cc1[N+](=O)[O-]. The number of benzene rings is 1. The van der Waals surface area contributed by atoms with Crippen molar-refractivity contribution in [3.8, 4) is 11.6 Å². The number of pyridine rings is 1. The first kappa shape index (κ1) is 14.4. The molecular weight excluding hydrogens is 279 g/mol. The number of nitro groups is 1. The Morgan fingerprint density at radius 3 is 2.81 bits per heavy atom. The predicted molar refractivity (Wildman–Crippen MR) is 73.1 cm³/mol. The molecule has 0 aliphatic rings. The largest absolute Gasteiger partial charge is 0.436 e. The molecule has 7 nitrogen and oxygen atoms in total. The molecule has 0 unspecified atom stereocenters. The molecule has 0 aliphatic heterocycles. The van der Waals surface area contributed by atoms with Crippen LogP contribution in [-0.4, -0.2) is 15.7 Å². The standard InChI is InChI=1S/C13H11FN4O3/c1-7-4-11(9(14)6-10(7)18(19)20)21-12-5-8(13(15)16)2-3-17-12/h2-6H,1H3,(H3,15,16). The number of rotatable bonds is 4. The summed E-state index contributed by atoms with van der Waals surface area (Å²) in [4.78, 5) is 13.9. The minimum atomic E-state index is -0.873. The van der Waals surface area contributed by atoms with Crippen molar-refractivity contribution in [2.45, 2.75) is 6.92 Å². The number of hydrogen-bond donors (Lipinski definition) is 2. The molecule has 108 valence electrons. The lowest BCUT2D eigenvalue weighted by Gasteiger charge is -2.08. The van der Waals surface area contributed by atoms with Crippen LogP contribution < -0.4 is 10.5 Å². The summed E-state index contributed by atoms with van der Waals surface area (Å²) in [6.07, 6.45) is 1.36. The van der Waals surface area contributed by atoms with Crippen molar-refractivity contribution in [2.75, 3.05) is 0 Å². The van der Waals surface area contributed by atoms with Gasteiger partial charge < -0.3 is 10.5 Å². The summed E-state index contributed by atoms with van der Waals surface area (Å²) in [5.41, 5.74) is 5.64. The van der Waals surface area contributed by atoms with E-state index in [1.165, 1.54) is 31.3 Å². The van der Waals surface area contributed by atoms with Crippen LogP contribution in [0.1, 0.15) is 11.1 Å². The van der Waals surface area contributed by atoms with Gasteiger partial charge in [-0.05, 0) is 19.1 Å². The third-order valence-electron chi connectivity index (χ3n) is 2.71. The molecule has 1 aromatic carbocycles. The van der Waals surface area contributed by atoms with Gasteiger partial charge in [0.05, 0.1) is 11.0 Å². The van der Waals surface area contributed by atoms with E-state index in [-0.39, 0.29) is 28.7 Å². The number of nitrogens with two attached hydrogens (primary N) is 1. The summed E-state index contributed by atoms with van der Waals surface area (Å²) in [6, 6.07) is 4.89. The molecule has 1 heterocycles. The van der Waals surface area contributed by atoms with Gasteiger partial charge in [0.25, 0.3) is 5.69 Å². The Morgan fingerprint density at radius 1 is 1.48 bits per heavy atom. The number of nitrogens with zero attached hydrogens (tertiary/aromatic N) is 2. The van der Waals surface area contributed by atoms with E-state index in [0.717, 1.165) is 6.07 Å². The van der Waals surface area contributed by atoms with E-state index >= 15 is 0 Å². The number of ether oxygens (including phenoxy) is 1. The first-order chi connectivity index (χ1) is 9.88. The molecule has 2 rings (SSSR count). The van der Waals surface area contributed by atoms with Crippen LogP contribution in [0.25, 0.3) is 0 Å². The Hall–Kier alpha value is -3.03. The van der Waals surface area contributed by atoms with Gasteiger partial charge in [0.15, 0.2) is 11.6 Å². The predicted octanol–water partition coefficient (Wildman–Crippen LogP) is 2.51. The first-order valence-electron chi connectivity index (χ1n) is 5.81. The molecule has 0 amide bonds. The highest BCUT2D eigenvalue weighted by Gasteiger charge is 2.17. The van der Waals surface area contributed by atoms with E-state index in [1.807, 2.05) is 0 Å². The molecule has 2 aromatic rings. The third kappa shape index (κ3) is 3.11. The molecule has 0 saturated carbocycles. The fourth-order valence-corrected chi connectivity index (χ4v) is 1.66. The molecule has 0 atom stereocenters. The van der Waals surface area contributed by atoms with Gasteiger partial charge in [-0.1, -0.05) is 0 Å². The summed E-state index contributed by atoms with van der Waals surface area (Å²) < 4.78 is 19.1. The monoisotopic (exact) mass is 290 g/mol. The van der Waals surface area contributed by atoms with Crippen LogP contribution in [0.15, 0.2) is 30.5 Å². The molecule has 0 aliphatic carbocycles. The van der Waals surface area contributed by atoms with Gasteiger partial charge in [-0.3, -0.25) is 15.5 Å². The molecule has 0 bridgehead atoms. The van der Waals surface area contributed by atoms with Crippen LogP contribution in [0, 0.1) is 28.3 Å². The second-order valence-electron chi connectivity index (χ2n) is 4.22. The van der Waals surface area contributed by atoms with E-state index in [2.05, 4.69) is 4.98 Å². The Bertz CT molecular complexity index is 733. The molecule has 0 spiro atoms. The van der Waals surface area contributed by atoms with Gasteiger partial charge in [-0.15, -0.1) is 0 Å². The van der Waals surface area contributed by atoms with E-state index in [4.69, 9.17) is 15.9 Å². The van der Waals surface area contributed by atoms with Gasteiger partial charge in [0.2, 0.25) is 5.88 Å². The number of hydrogen-bond acceptors (Lipinski definition) is 5. The van der Waals surface area contributed by atoms with Gasteiger partial charge in [0.1, 0.15) is 5.84 Å². The van der Waals surface area contributed by atoms with Crippen LogP contribution in [0.4, 0.5) is 10.1 Å². The van der Waals surface area contributed by atoms with Gasteiger partial charge >= 0.3 is 0 Å². The van der Waals surface area contributed by atoms with Crippen molar-refractivity contribution in [3.63, 3.8) is 0 Å². The van der Waals surface area contributed by atoms with Crippen LogP contribution in [0.3, 0.4) is 0 Å². The molecule has 0 radical (unpaired) electrons. The number of nitrogens with one attached hydrogen (secondary N) is 1. The maximum atomic E-state index is 13.8.